The first-order valence-corrected chi connectivity index (χ1v) is 7.26. The molecule has 2 amide bonds. The van der Waals surface area contributed by atoms with Crippen molar-refractivity contribution in [3.8, 4) is 5.88 Å². The molecule has 1 unspecified atom stereocenters. The van der Waals surface area contributed by atoms with Crippen molar-refractivity contribution in [1.82, 2.24) is 9.88 Å². The summed E-state index contributed by atoms with van der Waals surface area (Å²) >= 11 is 0. The second kappa shape index (κ2) is 7.22. The van der Waals surface area contributed by atoms with Gasteiger partial charge in [-0.15, -0.1) is 0 Å². The zero-order valence-corrected chi connectivity index (χ0v) is 12.8. The number of ether oxygens (including phenoxy) is 2. The predicted molar refractivity (Wildman–Crippen MR) is 79.4 cm³/mol. The molecule has 22 heavy (non-hydrogen) atoms. The number of amides is 2. The summed E-state index contributed by atoms with van der Waals surface area (Å²) in [6.07, 6.45) is 0.728. The molecule has 7 nitrogen and oxygen atoms in total. The molecule has 120 valence electrons. The summed E-state index contributed by atoms with van der Waals surface area (Å²) in [7, 11) is 0. The van der Waals surface area contributed by atoms with Crippen LogP contribution in [0.15, 0.2) is 18.3 Å². The maximum absolute atomic E-state index is 12.4. The van der Waals surface area contributed by atoms with E-state index in [0.717, 1.165) is 0 Å². The molecule has 0 bridgehead atoms. The monoisotopic (exact) mass is 307 g/mol. The van der Waals surface area contributed by atoms with Crippen molar-refractivity contribution in [1.29, 1.82) is 0 Å². The lowest BCUT2D eigenvalue weighted by Gasteiger charge is -2.31. The Bertz CT molecular complexity index is 530. The van der Waals surface area contributed by atoms with Gasteiger partial charge in [0.2, 0.25) is 11.8 Å². The van der Waals surface area contributed by atoms with Gasteiger partial charge in [-0.25, -0.2) is 4.98 Å². The standard InChI is InChI=1S/C15H21N3O4/c1-10(2)9-22-13-4-3-11(7-17-13)15(20)18-5-6-21-12(8-18)14(16)19/h3-4,7,10,12H,5-6,8-9H2,1-2H3,(H2,16,19). The third kappa shape index (κ3) is 4.17. The van der Waals surface area contributed by atoms with Crippen LogP contribution in [0.2, 0.25) is 0 Å². The Hall–Kier alpha value is -2.15. The van der Waals surface area contributed by atoms with Gasteiger partial charge in [-0.3, -0.25) is 9.59 Å². The average Bonchev–Trinajstić information content (AvgIpc) is 2.53. The Morgan fingerprint density at radius 3 is 2.86 bits per heavy atom. The van der Waals surface area contributed by atoms with Crippen LogP contribution in [0.25, 0.3) is 0 Å². The average molecular weight is 307 g/mol. The Morgan fingerprint density at radius 2 is 2.27 bits per heavy atom. The molecule has 2 N–H and O–H groups in total. The lowest BCUT2D eigenvalue weighted by atomic mass is 10.2. The van der Waals surface area contributed by atoms with E-state index in [2.05, 4.69) is 4.98 Å². The molecule has 1 atom stereocenters. The van der Waals surface area contributed by atoms with Crippen LogP contribution in [0.3, 0.4) is 0 Å². The van der Waals surface area contributed by atoms with Crippen molar-refractivity contribution in [2.75, 3.05) is 26.3 Å². The number of aromatic nitrogens is 1. The molecule has 7 heteroatoms. The number of hydrogen-bond acceptors (Lipinski definition) is 5. The molecule has 1 fully saturated rings. The number of primary amides is 1. The number of rotatable bonds is 5. The van der Waals surface area contributed by atoms with Crippen LogP contribution in [0.4, 0.5) is 0 Å². The predicted octanol–water partition coefficient (Wildman–Crippen LogP) is 0.443. The molecule has 0 aliphatic carbocycles. The molecule has 2 heterocycles. The van der Waals surface area contributed by atoms with Crippen LogP contribution in [0.1, 0.15) is 24.2 Å². The van der Waals surface area contributed by atoms with E-state index < -0.39 is 12.0 Å². The third-order valence-electron chi connectivity index (χ3n) is 3.22. The van der Waals surface area contributed by atoms with Gasteiger partial charge < -0.3 is 20.1 Å². The molecular weight excluding hydrogens is 286 g/mol. The topological polar surface area (TPSA) is 94.7 Å². The van der Waals surface area contributed by atoms with Gasteiger partial charge >= 0.3 is 0 Å². The zero-order chi connectivity index (χ0) is 16.1. The second-order valence-electron chi connectivity index (χ2n) is 5.60. The third-order valence-corrected chi connectivity index (χ3v) is 3.22. The number of hydrogen-bond donors (Lipinski definition) is 1. The molecule has 0 saturated carbocycles. The maximum atomic E-state index is 12.4. The molecule has 0 aromatic carbocycles. The fourth-order valence-electron chi connectivity index (χ4n) is 2.03. The van der Waals surface area contributed by atoms with Gasteiger partial charge in [0.25, 0.3) is 5.91 Å². The lowest BCUT2D eigenvalue weighted by molar-refractivity contribution is -0.133. The van der Waals surface area contributed by atoms with Crippen LogP contribution >= 0.6 is 0 Å². The minimum absolute atomic E-state index is 0.166. The maximum Gasteiger partial charge on any atom is 0.255 e. The van der Waals surface area contributed by atoms with E-state index in [9.17, 15) is 9.59 Å². The Labute approximate surface area is 129 Å². The van der Waals surface area contributed by atoms with Crippen molar-refractivity contribution in [2.45, 2.75) is 20.0 Å². The van der Waals surface area contributed by atoms with Gasteiger partial charge in [0.05, 0.1) is 25.3 Å². The minimum Gasteiger partial charge on any atom is -0.477 e. The molecule has 1 aromatic heterocycles. The van der Waals surface area contributed by atoms with Crippen LogP contribution in [-0.4, -0.2) is 54.1 Å². The Balaban J connectivity index is 1.98. The summed E-state index contributed by atoms with van der Waals surface area (Å²) in [5, 5.41) is 0. The quantitative estimate of drug-likeness (QED) is 0.852. The molecule has 0 radical (unpaired) electrons. The van der Waals surface area contributed by atoms with Crippen LogP contribution in [0.5, 0.6) is 5.88 Å². The number of nitrogens with zero attached hydrogens (tertiary/aromatic N) is 2. The lowest BCUT2D eigenvalue weighted by Crippen LogP contribution is -2.50. The van der Waals surface area contributed by atoms with Crippen molar-refractivity contribution < 1.29 is 19.1 Å². The number of nitrogens with two attached hydrogens (primary N) is 1. The SMILES string of the molecule is CC(C)COc1ccc(C(=O)N2CCOC(C(N)=O)C2)cn1. The highest BCUT2D eigenvalue weighted by Crippen LogP contribution is 2.13. The van der Waals surface area contributed by atoms with E-state index in [1.54, 1.807) is 17.0 Å². The summed E-state index contributed by atoms with van der Waals surface area (Å²) in [5.74, 6) is 0.134. The van der Waals surface area contributed by atoms with Crippen molar-refractivity contribution in [3.63, 3.8) is 0 Å². The number of carbonyl (C=O) groups is 2. The highest BCUT2D eigenvalue weighted by molar-refractivity contribution is 5.94. The largest absolute Gasteiger partial charge is 0.477 e. The number of pyridine rings is 1. The number of morpholine rings is 1. The number of carbonyl (C=O) groups excluding carboxylic acids is 2. The highest BCUT2D eigenvalue weighted by atomic mass is 16.5. The molecule has 1 aromatic rings. The first-order valence-electron chi connectivity index (χ1n) is 7.26. The summed E-state index contributed by atoms with van der Waals surface area (Å²) in [6, 6.07) is 3.33. The van der Waals surface area contributed by atoms with E-state index in [-0.39, 0.29) is 12.5 Å². The fourth-order valence-corrected chi connectivity index (χ4v) is 2.03. The van der Waals surface area contributed by atoms with Gasteiger partial charge in [0.1, 0.15) is 0 Å². The van der Waals surface area contributed by atoms with Gasteiger partial charge in [0, 0.05) is 18.8 Å². The fraction of sp³-hybridized carbons (Fsp3) is 0.533. The molecule has 1 aliphatic heterocycles. The minimum atomic E-state index is -0.751. The van der Waals surface area contributed by atoms with Gasteiger partial charge in [0.15, 0.2) is 6.10 Å². The normalized spacial score (nSPS) is 18.3. The van der Waals surface area contributed by atoms with Crippen LogP contribution < -0.4 is 10.5 Å². The van der Waals surface area contributed by atoms with Gasteiger partial charge in [-0.2, -0.15) is 0 Å². The van der Waals surface area contributed by atoms with E-state index in [1.165, 1.54) is 6.20 Å². The zero-order valence-electron chi connectivity index (χ0n) is 12.8. The van der Waals surface area contributed by atoms with Crippen molar-refractivity contribution in [2.24, 2.45) is 11.7 Å². The summed E-state index contributed by atoms with van der Waals surface area (Å²) in [5.41, 5.74) is 5.66. The molecular formula is C15H21N3O4. The Morgan fingerprint density at radius 1 is 1.50 bits per heavy atom. The smallest absolute Gasteiger partial charge is 0.255 e. The first kappa shape index (κ1) is 16.2. The van der Waals surface area contributed by atoms with Crippen molar-refractivity contribution >= 4 is 11.8 Å². The molecule has 1 saturated heterocycles. The Kier molecular flexibility index (Phi) is 5.32. The second-order valence-corrected chi connectivity index (χ2v) is 5.60. The highest BCUT2D eigenvalue weighted by Gasteiger charge is 2.28. The van der Waals surface area contributed by atoms with Gasteiger partial charge in [-0.1, -0.05) is 13.8 Å². The van der Waals surface area contributed by atoms with E-state index in [4.69, 9.17) is 15.2 Å². The van der Waals surface area contributed by atoms with E-state index in [0.29, 0.717) is 37.1 Å². The van der Waals surface area contributed by atoms with Crippen LogP contribution in [0, 0.1) is 5.92 Å². The van der Waals surface area contributed by atoms with E-state index in [1.807, 2.05) is 13.8 Å². The van der Waals surface area contributed by atoms with Crippen molar-refractivity contribution in [3.05, 3.63) is 23.9 Å². The molecule has 0 spiro atoms. The van der Waals surface area contributed by atoms with E-state index >= 15 is 0 Å². The summed E-state index contributed by atoms with van der Waals surface area (Å²) < 4.78 is 10.7. The summed E-state index contributed by atoms with van der Waals surface area (Å²) in [4.78, 5) is 29.2. The molecule has 2 rings (SSSR count). The molecule has 1 aliphatic rings. The van der Waals surface area contributed by atoms with Gasteiger partial charge in [-0.05, 0) is 12.0 Å². The first-order chi connectivity index (χ1) is 10.5. The van der Waals surface area contributed by atoms with Crippen LogP contribution in [-0.2, 0) is 9.53 Å². The summed E-state index contributed by atoms with van der Waals surface area (Å²) in [6.45, 7) is 5.55.